The number of pyridine rings is 1. The lowest BCUT2D eigenvalue weighted by atomic mass is 10.0. The fourth-order valence-electron chi connectivity index (χ4n) is 2.67. The summed E-state index contributed by atoms with van der Waals surface area (Å²) >= 11 is 6.05. The molecule has 2 amide bonds. The zero-order valence-electron chi connectivity index (χ0n) is 14.4. The number of rotatable bonds is 4. The molecule has 5 nitrogen and oxygen atoms in total. The van der Waals surface area contributed by atoms with E-state index in [-0.39, 0.29) is 22.4 Å². The monoisotopic (exact) mass is 367 g/mol. The zero-order valence-corrected chi connectivity index (χ0v) is 15.2. The lowest BCUT2D eigenvalue weighted by Crippen LogP contribution is -2.15. The lowest BCUT2D eigenvalue weighted by Gasteiger charge is -2.12. The maximum Gasteiger partial charge on any atom is 0.256 e. The van der Waals surface area contributed by atoms with Gasteiger partial charge in [0.15, 0.2) is 0 Å². The predicted octanol–water partition coefficient (Wildman–Crippen LogP) is 4.36. The van der Waals surface area contributed by atoms with Gasteiger partial charge in [-0.25, -0.2) is 0 Å². The number of primary amides is 1. The Balaban J connectivity index is 2.00. The Morgan fingerprint density at radius 2 is 1.81 bits per heavy atom. The highest BCUT2D eigenvalue weighted by molar-refractivity contribution is 6.34. The second kappa shape index (κ2) is 7.14. The minimum atomic E-state index is -0.616. The van der Waals surface area contributed by atoms with E-state index in [9.17, 15) is 9.59 Å². The third-order valence-electron chi connectivity index (χ3n) is 4.06. The molecular weight excluding hydrogens is 350 g/mol. The number of anilines is 1. The number of amides is 2. The van der Waals surface area contributed by atoms with Gasteiger partial charge in [-0.15, -0.1) is 0 Å². The quantitative estimate of drug-likeness (QED) is 0.718. The molecule has 0 aliphatic rings. The number of carbonyl (C=O) groups is 2. The van der Waals surface area contributed by atoms with Crippen LogP contribution in [-0.4, -0.2) is 16.8 Å². The molecule has 6 heteroatoms. The van der Waals surface area contributed by atoms with Crippen LogP contribution in [0.5, 0.6) is 0 Å². The van der Waals surface area contributed by atoms with E-state index < -0.39 is 5.91 Å². The molecule has 0 aliphatic carbocycles. The summed E-state index contributed by atoms with van der Waals surface area (Å²) in [6.07, 6.45) is 0. The minimum Gasteiger partial charge on any atom is -0.366 e. The molecule has 0 fully saturated rings. The molecule has 132 valence electrons. The number of hydrogen-bond acceptors (Lipinski definition) is 3. The summed E-state index contributed by atoms with van der Waals surface area (Å²) in [7, 11) is 0. The van der Waals surface area contributed by atoms with E-state index in [1.165, 1.54) is 12.1 Å². The normalized spacial score (nSPS) is 10.9. The van der Waals surface area contributed by atoms with Gasteiger partial charge in [-0.1, -0.05) is 43.6 Å². The van der Waals surface area contributed by atoms with Crippen LogP contribution in [0.25, 0.3) is 10.9 Å². The Bertz CT molecular complexity index is 1020. The molecular formula is C20H18ClN3O2. The maximum absolute atomic E-state index is 12.9. The predicted molar refractivity (Wildman–Crippen MR) is 104 cm³/mol. The van der Waals surface area contributed by atoms with E-state index in [1.54, 1.807) is 6.07 Å². The van der Waals surface area contributed by atoms with Crippen LogP contribution in [0.4, 0.5) is 5.69 Å². The molecule has 3 aromatic rings. The fourth-order valence-corrected chi connectivity index (χ4v) is 2.94. The topological polar surface area (TPSA) is 85.1 Å². The lowest BCUT2D eigenvalue weighted by molar-refractivity contribution is 0.0998. The van der Waals surface area contributed by atoms with E-state index >= 15 is 0 Å². The number of nitrogens with one attached hydrogen (secondary N) is 1. The van der Waals surface area contributed by atoms with Gasteiger partial charge in [-0.2, -0.15) is 0 Å². The molecule has 0 radical (unpaired) electrons. The summed E-state index contributed by atoms with van der Waals surface area (Å²) in [6.45, 7) is 4.06. The first-order chi connectivity index (χ1) is 12.4. The van der Waals surface area contributed by atoms with Crippen LogP contribution in [0.3, 0.4) is 0 Å². The summed E-state index contributed by atoms with van der Waals surface area (Å²) in [4.78, 5) is 28.7. The highest BCUT2D eigenvalue weighted by Crippen LogP contribution is 2.25. The molecule has 2 aromatic carbocycles. The summed E-state index contributed by atoms with van der Waals surface area (Å²) in [6, 6.07) is 13.9. The van der Waals surface area contributed by atoms with Crippen LogP contribution in [0.1, 0.15) is 46.2 Å². The minimum absolute atomic E-state index is 0.190. The van der Waals surface area contributed by atoms with E-state index in [0.717, 1.165) is 16.6 Å². The van der Waals surface area contributed by atoms with Crippen molar-refractivity contribution in [2.24, 2.45) is 5.73 Å². The molecule has 0 unspecified atom stereocenters. The average Bonchev–Trinajstić information content (AvgIpc) is 2.60. The van der Waals surface area contributed by atoms with E-state index in [0.29, 0.717) is 11.3 Å². The first-order valence-corrected chi connectivity index (χ1v) is 8.55. The third kappa shape index (κ3) is 3.53. The van der Waals surface area contributed by atoms with Crippen molar-refractivity contribution >= 4 is 40.0 Å². The van der Waals surface area contributed by atoms with Crippen molar-refractivity contribution in [3.8, 4) is 0 Å². The fraction of sp³-hybridized carbons (Fsp3) is 0.150. The first kappa shape index (κ1) is 17.9. The van der Waals surface area contributed by atoms with Crippen molar-refractivity contribution in [1.29, 1.82) is 0 Å². The number of halogens is 1. The highest BCUT2D eigenvalue weighted by atomic mass is 35.5. The van der Waals surface area contributed by atoms with Gasteiger partial charge in [-0.3, -0.25) is 14.6 Å². The van der Waals surface area contributed by atoms with Gasteiger partial charge >= 0.3 is 0 Å². The van der Waals surface area contributed by atoms with Crippen LogP contribution in [-0.2, 0) is 0 Å². The molecule has 3 rings (SSSR count). The van der Waals surface area contributed by atoms with Crippen molar-refractivity contribution in [2.75, 3.05) is 5.32 Å². The van der Waals surface area contributed by atoms with Gasteiger partial charge in [0.25, 0.3) is 5.91 Å². The Labute approximate surface area is 156 Å². The van der Waals surface area contributed by atoms with Gasteiger partial charge in [0, 0.05) is 16.8 Å². The number of benzene rings is 2. The Hall–Kier alpha value is -2.92. The number of hydrogen-bond donors (Lipinski definition) is 2. The van der Waals surface area contributed by atoms with Gasteiger partial charge in [-0.05, 0) is 36.2 Å². The maximum atomic E-state index is 12.9. The van der Waals surface area contributed by atoms with Crippen LogP contribution in [0, 0.1) is 0 Å². The summed E-state index contributed by atoms with van der Waals surface area (Å²) in [5.74, 6) is -0.696. The molecule has 26 heavy (non-hydrogen) atoms. The molecule has 0 atom stereocenters. The van der Waals surface area contributed by atoms with E-state index in [4.69, 9.17) is 17.3 Å². The molecule has 1 heterocycles. The average molecular weight is 368 g/mol. The summed E-state index contributed by atoms with van der Waals surface area (Å²) in [5, 5.41) is 3.79. The van der Waals surface area contributed by atoms with Crippen molar-refractivity contribution in [3.63, 3.8) is 0 Å². The van der Waals surface area contributed by atoms with Crippen molar-refractivity contribution in [2.45, 2.75) is 19.8 Å². The molecule has 1 aromatic heterocycles. The van der Waals surface area contributed by atoms with Crippen LogP contribution >= 0.6 is 11.6 Å². The van der Waals surface area contributed by atoms with Crippen molar-refractivity contribution in [1.82, 2.24) is 4.98 Å². The molecule has 3 N–H and O–H groups in total. The zero-order chi connectivity index (χ0) is 18.8. The standard InChI is InChI=1S/C20H18ClN3O2/c1-11(2)18-10-15(13-5-3-4-6-17(13)24-18)20(26)23-12-7-8-14(19(22)25)16(21)9-12/h3-11H,1-2H3,(H2,22,25)(H,23,26). The van der Waals surface area contributed by atoms with E-state index in [2.05, 4.69) is 10.3 Å². The number of fused-ring (bicyclic) bond motifs is 1. The molecule has 0 aliphatic heterocycles. The molecule has 0 bridgehead atoms. The molecule has 0 saturated carbocycles. The van der Waals surface area contributed by atoms with E-state index in [1.807, 2.05) is 44.2 Å². The SMILES string of the molecule is CC(C)c1cc(C(=O)Nc2ccc(C(N)=O)c(Cl)c2)c2ccccc2n1. The Morgan fingerprint density at radius 1 is 1.08 bits per heavy atom. The summed E-state index contributed by atoms with van der Waals surface area (Å²) < 4.78 is 0. The second-order valence-corrected chi connectivity index (χ2v) is 6.69. The Kier molecular flexibility index (Phi) is 4.91. The van der Waals surface area contributed by atoms with Crippen molar-refractivity contribution in [3.05, 3.63) is 70.4 Å². The second-order valence-electron chi connectivity index (χ2n) is 6.28. The van der Waals surface area contributed by atoms with Crippen LogP contribution in [0.2, 0.25) is 5.02 Å². The summed E-state index contributed by atoms with van der Waals surface area (Å²) in [5.41, 5.74) is 8.09. The van der Waals surface area contributed by atoms with Crippen molar-refractivity contribution < 1.29 is 9.59 Å². The Morgan fingerprint density at radius 3 is 2.46 bits per heavy atom. The third-order valence-corrected chi connectivity index (χ3v) is 4.38. The smallest absolute Gasteiger partial charge is 0.256 e. The molecule has 0 saturated heterocycles. The van der Waals surface area contributed by atoms with Crippen LogP contribution in [0.15, 0.2) is 48.5 Å². The molecule has 0 spiro atoms. The van der Waals surface area contributed by atoms with Gasteiger partial charge in [0.1, 0.15) is 0 Å². The number of nitrogens with two attached hydrogens (primary N) is 1. The first-order valence-electron chi connectivity index (χ1n) is 8.17. The largest absolute Gasteiger partial charge is 0.366 e. The van der Waals surface area contributed by atoms with Gasteiger partial charge in [0.2, 0.25) is 5.91 Å². The van der Waals surface area contributed by atoms with Gasteiger partial charge < -0.3 is 11.1 Å². The highest BCUT2D eigenvalue weighted by Gasteiger charge is 2.15. The number of aromatic nitrogens is 1. The van der Waals surface area contributed by atoms with Gasteiger partial charge in [0.05, 0.1) is 21.7 Å². The number of nitrogens with zero attached hydrogens (tertiary/aromatic N) is 1. The number of carbonyl (C=O) groups excluding carboxylic acids is 2. The number of para-hydroxylation sites is 1. The van der Waals surface area contributed by atoms with Crippen LogP contribution < -0.4 is 11.1 Å².